The van der Waals surface area contributed by atoms with E-state index in [2.05, 4.69) is 15.0 Å². The molecule has 168 valence electrons. The van der Waals surface area contributed by atoms with E-state index in [-0.39, 0.29) is 35.7 Å². The van der Waals surface area contributed by atoms with Gasteiger partial charge >= 0.3 is 5.97 Å². The number of halogens is 1. The fraction of sp³-hybridized carbons (Fsp3) is 0.364. The zero-order valence-electron chi connectivity index (χ0n) is 17.7. The third-order valence-electron chi connectivity index (χ3n) is 5.46. The van der Waals surface area contributed by atoms with Crippen molar-refractivity contribution in [1.29, 1.82) is 0 Å². The number of nitrogens with zero attached hydrogens (tertiary/aromatic N) is 4. The molecule has 3 aromatic rings. The first-order valence-corrected chi connectivity index (χ1v) is 10.8. The van der Waals surface area contributed by atoms with Crippen molar-refractivity contribution in [3.8, 4) is 0 Å². The lowest BCUT2D eigenvalue weighted by Gasteiger charge is -2.34. The summed E-state index contributed by atoms with van der Waals surface area (Å²) in [6.45, 7) is 4.90. The number of carbonyl (C=O) groups is 2. The van der Waals surface area contributed by atoms with E-state index in [0.717, 1.165) is 5.56 Å². The van der Waals surface area contributed by atoms with E-state index in [1.165, 1.54) is 16.8 Å². The number of benzene rings is 1. The molecule has 0 radical (unpaired) electrons. The molecule has 1 N–H and O–H groups in total. The van der Waals surface area contributed by atoms with Crippen molar-refractivity contribution in [3.05, 3.63) is 68.7 Å². The molecule has 0 aliphatic carbocycles. The number of hydrogen-bond donors (Lipinski definition) is 1. The topological polar surface area (TPSA) is 100 Å². The molecule has 2 aromatic heterocycles. The van der Waals surface area contributed by atoms with Gasteiger partial charge in [-0.05, 0) is 18.6 Å². The van der Waals surface area contributed by atoms with Crippen LogP contribution >= 0.6 is 11.6 Å². The number of rotatable bonds is 6. The summed E-state index contributed by atoms with van der Waals surface area (Å²) in [7, 11) is 0. The number of piperazine rings is 1. The maximum Gasteiger partial charge on any atom is 0.343 e. The van der Waals surface area contributed by atoms with Crippen molar-refractivity contribution in [3.63, 3.8) is 0 Å². The Bertz CT molecular complexity index is 1200. The summed E-state index contributed by atoms with van der Waals surface area (Å²) < 4.78 is 6.26. The number of hydrogen-bond acceptors (Lipinski definition) is 6. The average Bonchev–Trinajstić information content (AvgIpc) is 3.21. The van der Waals surface area contributed by atoms with Gasteiger partial charge in [-0.15, -0.1) is 0 Å². The Kier molecular flexibility index (Phi) is 6.57. The Labute approximate surface area is 189 Å². The maximum atomic E-state index is 12.6. The largest absolute Gasteiger partial charge is 0.462 e. The molecule has 32 heavy (non-hydrogen) atoms. The summed E-state index contributed by atoms with van der Waals surface area (Å²) in [4.78, 5) is 45.7. The monoisotopic (exact) mass is 457 g/mol. The number of esters is 1. The molecule has 0 bridgehead atoms. The highest BCUT2D eigenvalue weighted by molar-refractivity contribution is 6.31. The SMILES string of the molecule is CCOC(=O)c1c[nH]n2c(=O)cc(CN3CCN(C(=O)Cc4ccccc4Cl)CC3)nc12. The van der Waals surface area contributed by atoms with Crippen molar-refractivity contribution >= 4 is 29.1 Å². The van der Waals surface area contributed by atoms with Gasteiger partial charge in [0.1, 0.15) is 5.56 Å². The highest BCUT2D eigenvalue weighted by Crippen LogP contribution is 2.17. The minimum atomic E-state index is -0.527. The van der Waals surface area contributed by atoms with Gasteiger partial charge in [-0.1, -0.05) is 29.8 Å². The predicted molar refractivity (Wildman–Crippen MR) is 119 cm³/mol. The highest BCUT2D eigenvalue weighted by atomic mass is 35.5. The lowest BCUT2D eigenvalue weighted by molar-refractivity contribution is -0.132. The lowest BCUT2D eigenvalue weighted by Crippen LogP contribution is -2.48. The van der Waals surface area contributed by atoms with Crippen LogP contribution in [0.15, 0.2) is 41.3 Å². The number of carbonyl (C=O) groups excluding carboxylic acids is 2. The molecular weight excluding hydrogens is 434 g/mol. The molecule has 0 spiro atoms. The zero-order valence-corrected chi connectivity index (χ0v) is 18.5. The van der Waals surface area contributed by atoms with Gasteiger partial charge < -0.3 is 9.64 Å². The number of H-pyrrole nitrogens is 1. The molecule has 3 heterocycles. The van der Waals surface area contributed by atoms with Gasteiger partial charge in [0.25, 0.3) is 5.56 Å². The van der Waals surface area contributed by atoms with Gasteiger partial charge in [-0.25, -0.2) is 14.3 Å². The summed E-state index contributed by atoms with van der Waals surface area (Å²) in [5.74, 6) is -0.483. The molecule has 1 amide bonds. The Hall–Kier alpha value is -3.17. The number of fused-ring (bicyclic) bond motifs is 1. The second-order valence-electron chi connectivity index (χ2n) is 7.58. The Balaban J connectivity index is 1.40. The third-order valence-corrected chi connectivity index (χ3v) is 5.82. The molecule has 0 saturated carbocycles. The fourth-order valence-electron chi connectivity index (χ4n) is 3.77. The van der Waals surface area contributed by atoms with E-state index in [0.29, 0.717) is 43.4 Å². The normalized spacial score (nSPS) is 14.6. The Morgan fingerprint density at radius 2 is 1.94 bits per heavy atom. The van der Waals surface area contributed by atoms with E-state index >= 15 is 0 Å². The predicted octanol–water partition coefficient (Wildman–Crippen LogP) is 1.74. The summed E-state index contributed by atoms with van der Waals surface area (Å²) in [6, 6.07) is 8.81. The summed E-state index contributed by atoms with van der Waals surface area (Å²) in [5.41, 5.74) is 1.56. The second kappa shape index (κ2) is 9.54. The summed E-state index contributed by atoms with van der Waals surface area (Å²) in [6.07, 6.45) is 1.70. The smallest absolute Gasteiger partial charge is 0.343 e. The first kappa shape index (κ1) is 22.0. The van der Waals surface area contributed by atoms with E-state index in [4.69, 9.17) is 16.3 Å². The van der Waals surface area contributed by atoms with Gasteiger partial charge in [-0.3, -0.25) is 19.6 Å². The molecule has 0 atom stereocenters. The number of aromatic amines is 1. The number of aromatic nitrogens is 3. The van der Waals surface area contributed by atoms with Gasteiger partial charge in [0.2, 0.25) is 5.91 Å². The molecule has 1 saturated heterocycles. The lowest BCUT2D eigenvalue weighted by atomic mass is 10.1. The fourth-order valence-corrected chi connectivity index (χ4v) is 3.97. The van der Waals surface area contributed by atoms with Crippen molar-refractivity contribution in [2.24, 2.45) is 0 Å². The van der Waals surface area contributed by atoms with Crippen molar-refractivity contribution in [2.45, 2.75) is 19.9 Å². The molecule has 1 aliphatic heterocycles. The Morgan fingerprint density at radius 3 is 2.66 bits per heavy atom. The minimum absolute atomic E-state index is 0.0435. The molecule has 10 heteroatoms. The van der Waals surface area contributed by atoms with Gasteiger partial charge in [0.05, 0.1) is 18.7 Å². The van der Waals surface area contributed by atoms with Crippen LogP contribution in [0.25, 0.3) is 5.65 Å². The van der Waals surface area contributed by atoms with Crippen LogP contribution in [0, 0.1) is 0 Å². The molecule has 1 aliphatic rings. The van der Waals surface area contributed by atoms with Crippen LogP contribution in [0.4, 0.5) is 0 Å². The van der Waals surface area contributed by atoms with E-state index in [1.54, 1.807) is 13.0 Å². The first-order chi connectivity index (χ1) is 15.5. The number of nitrogens with one attached hydrogen (secondary N) is 1. The van der Waals surface area contributed by atoms with Crippen LogP contribution in [0.1, 0.15) is 28.5 Å². The van der Waals surface area contributed by atoms with Crippen LogP contribution in [0.2, 0.25) is 5.02 Å². The molecule has 9 nitrogen and oxygen atoms in total. The molecule has 1 aromatic carbocycles. The first-order valence-electron chi connectivity index (χ1n) is 10.5. The van der Waals surface area contributed by atoms with Crippen molar-refractivity contribution < 1.29 is 14.3 Å². The van der Waals surface area contributed by atoms with Crippen LogP contribution in [0.3, 0.4) is 0 Å². The highest BCUT2D eigenvalue weighted by Gasteiger charge is 2.23. The van der Waals surface area contributed by atoms with E-state index < -0.39 is 5.97 Å². The van der Waals surface area contributed by atoms with E-state index in [9.17, 15) is 14.4 Å². The van der Waals surface area contributed by atoms with Crippen LogP contribution in [0.5, 0.6) is 0 Å². The standard InChI is InChI=1S/C22H24ClN5O4/c1-2-32-22(31)17-13-24-28-20(30)12-16(25-21(17)28)14-26-7-9-27(10-8-26)19(29)11-15-5-3-4-6-18(15)23/h3-6,12-13,24H,2,7-11,14H2,1H3. The van der Waals surface area contributed by atoms with E-state index in [1.807, 2.05) is 23.1 Å². The quantitative estimate of drug-likeness (QED) is 0.566. The number of amides is 1. The maximum absolute atomic E-state index is 12.6. The summed E-state index contributed by atoms with van der Waals surface area (Å²) >= 11 is 6.17. The number of ether oxygens (including phenoxy) is 1. The van der Waals surface area contributed by atoms with Crippen LogP contribution in [-0.4, -0.2) is 69.1 Å². The minimum Gasteiger partial charge on any atom is -0.462 e. The summed E-state index contributed by atoms with van der Waals surface area (Å²) in [5, 5.41) is 3.34. The molecule has 1 fully saturated rings. The van der Waals surface area contributed by atoms with Crippen LogP contribution < -0.4 is 5.56 Å². The van der Waals surface area contributed by atoms with Gasteiger partial charge in [-0.2, -0.15) is 0 Å². The Morgan fingerprint density at radius 1 is 1.19 bits per heavy atom. The molecule has 4 rings (SSSR count). The van der Waals surface area contributed by atoms with Gasteiger partial charge in [0, 0.05) is 50.0 Å². The zero-order chi connectivity index (χ0) is 22.7. The average molecular weight is 458 g/mol. The van der Waals surface area contributed by atoms with Crippen LogP contribution in [-0.2, 0) is 22.5 Å². The van der Waals surface area contributed by atoms with Crippen molar-refractivity contribution in [2.75, 3.05) is 32.8 Å². The second-order valence-corrected chi connectivity index (χ2v) is 7.98. The van der Waals surface area contributed by atoms with Crippen molar-refractivity contribution in [1.82, 2.24) is 24.4 Å². The molecule has 0 unspecified atom stereocenters. The molecular formula is C22H24ClN5O4. The third kappa shape index (κ3) is 4.68. The van der Waals surface area contributed by atoms with Gasteiger partial charge in [0.15, 0.2) is 5.65 Å².